The normalized spacial score (nSPS) is 12.0. The molecule has 0 bridgehead atoms. The molecule has 0 spiro atoms. The molecule has 0 aliphatic rings. The molecule has 0 saturated carbocycles. The highest BCUT2D eigenvalue weighted by Crippen LogP contribution is 2.39. The van der Waals surface area contributed by atoms with Crippen LogP contribution in [0.25, 0.3) is 49.7 Å². The molecule has 2 nitrogen and oxygen atoms in total. The fourth-order valence-corrected chi connectivity index (χ4v) is 6.48. The van der Waals surface area contributed by atoms with E-state index in [1.807, 2.05) is 12.1 Å². The van der Waals surface area contributed by atoms with Crippen molar-refractivity contribution in [3.8, 4) is 22.4 Å². The summed E-state index contributed by atoms with van der Waals surface area (Å²) in [7, 11) is 2.18. The Balaban J connectivity index is 1.76. The van der Waals surface area contributed by atoms with E-state index in [1.54, 1.807) is 12.1 Å². The number of imidazole rings is 1. The van der Waals surface area contributed by atoms with Gasteiger partial charge in [0.2, 0.25) is 0 Å². The van der Waals surface area contributed by atoms with Crippen LogP contribution in [-0.4, -0.2) is 4.40 Å². The molecule has 0 unspecified atom stereocenters. The molecule has 202 valence electrons. The number of nitrogens with zero attached hydrogens (tertiary/aromatic N) is 2. The smallest absolute Gasteiger partial charge is 0.232 e. The lowest BCUT2D eigenvalue weighted by Crippen LogP contribution is -2.26. The van der Waals surface area contributed by atoms with Gasteiger partial charge in [0.25, 0.3) is 5.65 Å². The molecule has 2 heterocycles. The molecule has 0 fully saturated rings. The molecule has 40 heavy (non-hydrogen) atoms. The van der Waals surface area contributed by atoms with Crippen LogP contribution in [-0.2, 0) is 19.9 Å². The number of halogens is 1. The molecule has 6 rings (SSSR count). The third-order valence-electron chi connectivity index (χ3n) is 8.03. The van der Waals surface area contributed by atoms with Crippen LogP contribution in [0.15, 0.2) is 85.1 Å². The summed E-state index contributed by atoms with van der Waals surface area (Å²) in [5.74, 6) is 0.787. The summed E-state index contributed by atoms with van der Waals surface area (Å²) >= 11 is 0. The minimum Gasteiger partial charge on any atom is -0.232 e. The summed E-state index contributed by atoms with van der Waals surface area (Å²) in [5.41, 5.74) is 11.2. The minimum atomic E-state index is -0.202. The lowest BCUT2D eigenvalue weighted by Gasteiger charge is -2.19. The van der Waals surface area contributed by atoms with Crippen LogP contribution in [0.4, 0.5) is 4.39 Å². The lowest BCUT2D eigenvalue weighted by molar-refractivity contribution is -0.643. The number of hydrogen-bond acceptors (Lipinski definition) is 0. The van der Waals surface area contributed by atoms with Crippen molar-refractivity contribution in [3.05, 3.63) is 108 Å². The van der Waals surface area contributed by atoms with Gasteiger partial charge in [-0.1, -0.05) is 88.4 Å². The molecule has 6 aromatic rings. The predicted octanol–water partition coefficient (Wildman–Crippen LogP) is 9.25. The van der Waals surface area contributed by atoms with Crippen molar-refractivity contribution in [1.82, 2.24) is 4.40 Å². The molecule has 0 radical (unpaired) electrons. The van der Waals surface area contributed by atoms with Gasteiger partial charge in [0.1, 0.15) is 17.5 Å². The zero-order chi connectivity index (χ0) is 28.1. The molecule has 0 saturated heterocycles. The Hall–Kier alpha value is -3.98. The van der Waals surface area contributed by atoms with E-state index in [4.69, 9.17) is 0 Å². The minimum absolute atomic E-state index is 0.202. The highest BCUT2D eigenvalue weighted by molar-refractivity contribution is 6.12. The first-order valence-corrected chi connectivity index (χ1v) is 14.5. The summed E-state index contributed by atoms with van der Waals surface area (Å²) in [6, 6.07) is 27.1. The van der Waals surface area contributed by atoms with Crippen LogP contribution in [0.3, 0.4) is 0 Å². The first kappa shape index (κ1) is 26.3. The SMILES string of the molecule is Cc1cccc2c3ccccc3n3c(-c4c(CC(C)C)cc(-c5ccc(F)cc5)cc4CC(C)C)c[n+](C)c3c12. The molecule has 3 heteroatoms. The first-order chi connectivity index (χ1) is 19.2. The van der Waals surface area contributed by atoms with Crippen molar-refractivity contribution in [2.45, 2.75) is 47.5 Å². The zero-order valence-electron chi connectivity index (χ0n) is 24.4. The van der Waals surface area contributed by atoms with Gasteiger partial charge < -0.3 is 0 Å². The number of aromatic nitrogens is 2. The average Bonchev–Trinajstić information content (AvgIpc) is 3.25. The summed E-state index contributed by atoms with van der Waals surface area (Å²) < 4.78 is 18.6. The second-order valence-electron chi connectivity index (χ2n) is 12.2. The summed E-state index contributed by atoms with van der Waals surface area (Å²) in [4.78, 5) is 0. The van der Waals surface area contributed by atoms with E-state index in [0.717, 1.165) is 24.0 Å². The van der Waals surface area contributed by atoms with Gasteiger partial charge in [-0.3, -0.25) is 0 Å². The highest BCUT2D eigenvalue weighted by atomic mass is 19.1. The summed E-state index contributed by atoms with van der Waals surface area (Å²) in [5, 5.41) is 3.86. The molecule has 2 aromatic heterocycles. The molecular weight excluding hydrogens is 491 g/mol. The first-order valence-electron chi connectivity index (χ1n) is 14.5. The Morgan fingerprint density at radius 3 is 2.02 bits per heavy atom. The molecule has 0 amide bonds. The molecular formula is C37H38FN2+. The van der Waals surface area contributed by atoms with Crippen LogP contribution in [0.5, 0.6) is 0 Å². The van der Waals surface area contributed by atoms with E-state index in [-0.39, 0.29) is 5.82 Å². The number of fused-ring (bicyclic) bond motifs is 6. The Morgan fingerprint density at radius 1 is 0.750 bits per heavy atom. The molecule has 0 atom stereocenters. The average molecular weight is 530 g/mol. The van der Waals surface area contributed by atoms with Gasteiger partial charge in [-0.15, -0.1) is 0 Å². The van der Waals surface area contributed by atoms with Crippen LogP contribution in [0, 0.1) is 24.6 Å². The van der Waals surface area contributed by atoms with Crippen LogP contribution in [0.2, 0.25) is 0 Å². The number of pyridine rings is 1. The van der Waals surface area contributed by atoms with Gasteiger partial charge >= 0.3 is 0 Å². The number of para-hydroxylation sites is 1. The van der Waals surface area contributed by atoms with Gasteiger partial charge in [0.15, 0.2) is 5.69 Å². The molecule has 0 aliphatic carbocycles. The summed E-state index contributed by atoms with van der Waals surface area (Å²) in [6.45, 7) is 11.4. The van der Waals surface area contributed by atoms with Crippen molar-refractivity contribution in [2.24, 2.45) is 18.9 Å². The van der Waals surface area contributed by atoms with Gasteiger partial charge in [-0.2, -0.15) is 4.40 Å². The number of rotatable bonds is 6. The van der Waals surface area contributed by atoms with E-state index in [9.17, 15) is 4.39 Å². The topological polar surface area (TPSA) is 8.29 Å². The largest absolute Gasteiger partial charge is 0.295 e. The lowest BCUT2D eigenvalue weighted by atomic mass is 9.86. The quantitative estimate of drug-likeness (QED) is 0.150. The fraction of sp³-hybridized carbons (Fsp3) is 0.270. The van der Waals surface area contributed by atoms with E-state index in [1.165, 1.54) is 55.3 Å². The Morgan fingerprint density at radius 2 is 1.38 bits per heavy atom. The summed E-state index contributed by atoms with van der Waals surface area (Å²) in [6.07, 6.45) is 4.27. The predicted molar refractivity (Wildman–Crippen MR) is 166 cm³/mol. The van der Waals surface area contributed by atoms with E-state index in [2.05, 4.69) is 111 Å². The third-order valence-corrected chi connectivity index (χ3v) is 8.03. The molecule has 0 N–H and O–H groups in total. The van der Waals surface area contributed by atoms with Gasteiger partial charge in [0, 0.05) is 16.3 Å². The molecule has 0 aliphatic heterocycles. The van der Waals surface area contributed by atoms with Gasteiger partial charge in [-0.25, -0.2) is 8.96 Å². The Kier molecular flexibility index (Phi) is 6.70. The van der Waals surface area contributed by atoms with Crippen LogP contribution < -0.4 is 4.57 Å². The van der Waals surface area contributed by atoms with Crippen molar-refractivity contribution in [2.75, 3.05) is 0 Å². The van der Waals surface area contributed by atoms with Crippen LogP contribution in [0.1, 0.15) is 44.4 Å². The monoisotopic (exact) mass is 529 g/mol. The van der Waals surface area contributed by atoms with Gasteiger partial charge in [0.05, 0.1) is 12.4 Å². The maximum absolute atomic E-state index is 13.8. The fourth-order valence-electron chi connectivity index (χ4n) is 6.48. The van der Waals surface area contributed by atoms with E-state index >= 15 is 0 Å². The van der Waals surface area contributed by atoms with Crippen molar-refractivity contribution in [3.63, 3.8) is 0 Å². The van der Waals surface area contributed by atoms with Gasteiger partial charge in [-0.05, 0) is 77.6 Å². The van der Waals surface area contributed by atoms with Crippen molar-refractivity contribution < 1.29 is 8.96 Å². The second kappa shape index (κ2) is 10.2. The number of aryl methyl sites for hydroxylation is 2. The molecule has 4 aromatic carbocycles. The zero-order valence-corrected chi connectivity index (χ0v) is 24.4. The van der Waals surface area contributed by atoms with Crippen molar-refractivity contribution >= 4 is 27.3 Å². The standard InChI is InChI=1S/C37H38FN2/c1-23(2)18-28-20-27(26-14-16-30(38)17-15-26)21-29(19-24(3)4)36(28)34-22-39(6)37-35-25(5)10-9-12-32(35)31-11-7-8-13-33(31)40(34)37/h7-17,20-24H,18-19H2,1-6H3/q+1. The third kappa shape index (κ3) is 4.48. The van der Waals surface area contributed by atoms with E-state index < -0.39 is 0 Å². The maximum atomic E-state index is 13.8. The van der Waals surface area contributed by atoms with Crippen molar-refractivity contribution in [1.29, 1.82) is 0 Å². The number of hydrogen-bond donors (Lipinski definition) is 0. The Bertz CT molecular complexity index is 1840. The van der Waals surface area contributed by atoms with E-state index in [0.29, 0.717) is 11.8 Å². The Labute approximate surface area is 236 Å². The second-order valence-corrected chi connectivity index (χ2v) is 12.2. The maximum Gasteiger partial charge on any atom is 0.295 e. The highest BCUT2D eigenvalue weighted by Gasteiger charge is 2.28. The number of benzene rings is 4. The van der Waals surface area contributed by atoms with Crippen LogP contribution >= 0.6 is 0 Å².